The predicted octanol–water partition coefficient (Wildman–Crippen LogP) is 4.59. The van der Waals surface area contributed by atoms with E-state index in [1.54, 1.807) is 6.20 Å². The van der Waals surface area contributed by atoms with Gasteiger partial charge in [-0.2, -0.15) is 4.98 Å². The van der Waals surface area contributed by atoms with E-state index in [1.807, 2.05) is 38.1 Å². The number of carbonyl (C=O) groups is 1. The summed E-state index contributed by atoms with van der Waals surface area (Å²) in [7, 11) is 1.51. The summed E-state index contributed by atoms with van der Waals surface area (Å²) in [5.74, 6) is 1.74. The summed E-state index contributed by atoms with van der Waals surface area (Å²) in [6.07, 6.45) is 9.42. The number of anilines is 1. The predicted molar refractivity (Wildman–Crippen MR) is 129 cm³/mol. The largest absolute Gasteiger partial charge is 0.467 e. The Hall–Kier alpha value is -4.01. The van der Waals surface area contributed by atoms with E-state index in [9.17, 15) is 4.79 Å². The average Bonchev–Trinajstić information content (AvgIpc) is 3.13. The van der Waals surface area contributed by atoms with Gasteiger partial charge in [0.05, 0.1) is 18.9 Å². The normalized spacial score (nSPS) is 14.1. The Bertz CT molecular complexity index is 1340. The van der Waals surface area contributed by atoms with E-state index in [2.05, 4.69) is 51.3 Å². The summed E-state index contributed by atoms with van der Waals surface area (Å²) in [6.45, 7) is 9.95. The third-order valence-corrected chi connectivity index (χ3v) is 5.45. The summed E-state index contributed by atoms with van der Waals surface area (Å²) in [5.41, 5.74) is 4.13. The Morgan fingerprint density at radius 2 is 1.94 bits per heavy atom. The van der Waals surface area contributed by atoms with Gasteiger partial charge >= 0.3 is 6.01 Å². The second-order valence-electron chi connectivity index (χ2n) is 9.09. The molecule has 0 radical (unpaired) electrons. The van der Waals surface area contributed by atoms with Crippen LogP contribution < -0.4 is 15.4 Å². The minimum absolute atomic E-state index is 0.172. The molecule has 3 aromatic heterocycles. The fourth-order valence-corrected chi connectivity index (χ4v) is 3.44. The van der Waals surface area contributed by atoms with Crippen molar-refractivity contribution in [2.45, 2.75) is 46.5 Å². The van der Waals surface area contributed by atoms with Gasteiger partial charge in [0.1, 0.15) is 28.9 Å². The van der Waals surface area contributed by atoms with E-state index in [0.29, 0.717) is 34.6 Å². The highest BCUT2D eigenvalue weighted by Crippen LogP contribution is 2.28. The van der Waals surface area contributed by atoms with E-state index < -0.39 is 0 Å². The van der Waals surface area contributed by atoms with Crippen molar-refractivity contribution in [1.29, 1.82) is 0 Å². The molecule has 0 unspecified atom stereocenters. The van der Waals surface area contributed by atoms with Crippen LogP contribution in [0.25, 0.3) is 11.0 Å². The van der Waals surface area contributed by atoms with E-state index in [4.69, 9.17) is 9.15 Å². The second-order valence-corrected chi connectivity index (χ2v) is 9.09. The molecule has 1 amide bonds. The van der Waals surface area contributed by atoms with Crippen molar-refractivity contribution >= 4 is 22.8 Å². The third-order valence-electron chi connectivity index (χ3n) is 5.45. The molecule has 1 aliphatic carbocycles. The molecule has 0 fully saturated rings. The molecule has 4 rings (SSSR count). The van der Waals surface area contributed by atoms with E-state index in [0.717, 1.165) is 22.7 Å². The molecule has 0 atom stereocenters. The maximum atomic E-state index is 12.9. The maximum Gasteiger partial charge on any atom is 0.316 e. The van der Waals surface area contributed by atoms with Crippen LogP contribution in [0, 0.1) is 6.92 Å². The first-order valence-corrected chi connectivity index (χ1v) is 10.9. The topological polar surface area (TPSA) is 115 Å². The Balaban J connectivity index is 1.52. The lowest BCUT2D eigenvalue weighted by Crippen LogP contribution is -2.22. The number of amides is 1. The van der Waals surface area contributed by atoms with Crippen LogP contribution >= 0.6 is 0 Å². The molecule has 9 heteroatoms. The highest BCUT2D eigenvalue weighted by atomic mass is 16.5. The molecule has 0 aromatic carbocycles. The van der Waals surface area contributed by atoms with Crippen molar-refractivity contribution < 1.29 is 13.9 Å². The third kappa shape index (κ3) is 4.83. The molecular weight excluding hydrogens is 432 g/mol. The fourth-order valence-electron chi connectivity index (χ4n) is 3.44. The molecule has 34 heavy (non-hydrogen) atoms. The van der Waals surface area contributed by atoms with Gasteiger partial charge in [0.2, 0.25) is 0 Å². The number of nitrogens with zero attached hydrogens (tertiary/aromatic N) is 4. The number of aryl methyl sites for hydroxylation is 1. The zero-order valence-corrected chi connectivity index (χ0v) is 20.2. The molecule has 2 N–H and O–H groups in total. The van der Waals surface area contributed by atoms with Crippen molar-refractivity contribution in [2.75, 3.05) is 12.4 Å². The number of fused-ring (bicyclic) bond motifs is 1. The molecule has 0 bridgehead atoms. The number of methoxy groups -OCH3 is 1. The van der Waals surface area contributed by atoms with Gasteiger partial charge in [-0.15, -0.1) is 0 Å². The van der Waals surface area contributed by atoms with Gasteiger partial charge in [-0.3, -0.25) is 4.79 Å². The molecule has 176 valence electrons. The number of allylic oxidation sites excluding steroid dienone is 4. The minimum atomic E-state index is -0.190. The molecule has 0 saturated carbocycles. The van der Waals surface area contributed by atoms with Gasteiger partial charge in [0, 0.05) is 23.2 Å². The van der Waals surface area contributed by atoms with Crippen LogP contribution in [0.2, 0.25) is 0 Å². The molecule has 3 aromatic rings. The first-order valence-electron chi connectivity index (χ1n) is 10.9. The second kappa shape index (κ2) is 9.09. The number of ether oxygens (including phenoxy) is 1. The van der Waals surface area contributed by atoms with Gasteiger partial charge in [-0.25, -0.2) is 15.0 Å². The molecule has 3 heterocycles. The minimum Gasteiger partial charge on any atom is -0.467 e. The van der Waals surface area contributed by atoms with Crippen LogP contribution in [-0.2, 0) is 5.41 Å². The molecule has 1 aliphatic rings. The van der Waals surface area contributed by atoms with Gasteiger partial charge in [-0.1, -0.05) is 32.9 Å². The summed E-state index contributed by atoms with van der Waals surface area (Å²) in [5, 5.41) is 6.35. The molecular formula is C25H28N6O3. The molecule has 0 saturated heterocycles. The maximum absolute atomic E-state index is 12.9. The van der Waals surface area contributed by atoms with Crippen molar-refractivity contribution in [2.24, 2.45) is 0 Å². The van der Waals surface area contributed by atoms with Gasteiger partial charge in [0.25, 0.3) is 5.91 Å². The lowest BCUT2D eigenvalue weighted by Gasteiger charge is -2.13. The Labute approximate surface area is 198 Å². The average molecular weight is 461 g/mol. The van der Waals surface area contributed by atoms with Crippen molar-refractivity contribution in [1.82, 2.24) is 25.3 Å². The number of rotatable bonds is 5. The van der Waals surface area contributed by atoms with Crippen molar-refractivity contribution in [3.05, 3.63) is 70.9 Å². The zero-order chi connectivity index (χ0) is 24.5. The van der Waals surface area contributed by atoms with Gasteiger partial charge in [-0.05, 0) is 31.6 Å². The van der Waals surface area contributed by atoms with Crippen LogP contribution in [0.15, 0.2) is 58.2 Å². The van der Waals surface area contributed by atoms with Crippen molar-refractivity contribution in [3.8, 4) is 6.01 Å². The molecule has 0 aliphatic heterocycles. The first-order chi connectivity index (χ1) is 16.2. The van der Waals surface area contributed by atoms with E-state index in [1.165, 1.54) is 13.4 Å². The smallest absolute Gasteiger partial charge is 0.316 e. The quantitative estimate of drug-likeness (QED) is 0.568. The number of hydrogen-bond donors (Lipinski definition) is 2. The first kappa shape index (κ1) is 23.2. The zero-order valence-electron chi connectivity index (χ0n) is 20.2. The lowest BCUT2D eigenvalue weighted by molar-refractivity contribution is 0.0963. The Morgan fingerprint density at radius 1 is 1.15 bits per heavy atom. The summed E-state index contributed by atoms with van der Waals surface area (Å²) < 4.78 is 11.0. The molecule has 9 nitrogen and oxygen atoms in total. The number of hydrogen-bond acceptors (Lipinski definition) is 8. The summed E-state index contributed by atoms with van der Waals surface area (Å²) in [4.78, 5) is 30.0. The van der Waals surface area contributed by atoms with Crippen LogP contribution in [0.4, 0.5) is 5.82 Å². The van der Waals surface area contributed by atoms with E-state index >= 15 is 0 Å². The fraction of sp³-hybridized carbons (Fsp3) is 0.320. The number of furan rings is 1. The Morgan fingerprint density at radius 3 is 2.65 bits per heavy atom. The van der Waals surface area contributed by atoms with E-state index in [-0.39, 0.29) is 17.3 Å². The SMILES string of the molecule is COc1ncc2ncnc(NC3=CCC(NC(=O)c4cc(C(C)(C)C)oc4C)=CC=C3C)c2n1. The van der Waals surface area contributed by atoms with Crippen LogP contribution in [0.1, 0.15) is 56.0 Å². The Kier molecular flexibility index (Phi) is 6.19. The van der Waals surface area contributed by atoms with Crippen LogP contribution in [-0.4, -0.2) is 33.0 Å². The highest BCUT2D eigenvalue weighted by molar-refractivity contribution is 5.96. The van der Waals surface area contributed by atoms with Crippen molar-refractivity contribution in [3.63, 3.8) is 0 Å². The standard InChI is InChI=1S/C25H28N6O3/c1-14-7-8-16(29-23(32)17-11-20(25(3,4)5)34-15(17)2)9-10-18(14)30-22-21-19(27-13-28-22)12-26-24(31-21)33-6/h7-8,10-13H,9H2,1-6H3,(H,29,32)(H,27,28,30). The number of nitrogens with one attached hydrogen (secondary N) is 2. The van der Waals surface area contributed by atoms with Gasteiger partial charge in [0.15, 0.2) is 5.82 Å². The lowest BCUT2D eigenvalue weighted by atomic mass is 9.93. The van der Waals surface area contributed by atoms with Crippen LogP contribution in [0.5, 0.6) is 6.01 Å². The molecule has 0 spiro atoms. The highest BCUT2D eigenvalue weighted by Gasteiger charge is 2.23. The van der Waals surface area contributed by atoms with Crippen LogP contribution in [0.3, 0.4) is 0 Å². The monoisotopic (exact) mass is 460 g/mol. The summed E-state index contributed by atoms with van der Waals surface area (Å²) in [6, 6.07) is 2.06. The number of aromatic nitrogens is 4. The summed E-state index contributed by atoms with van der Waals surface area (Å²) >= 11 is 0. The number of carbonyl (C=O) groups excluding carboxylic acids is 1. The van der Waals surface area contributed by atoms with Gasteiger partial charge < -0.3 is 19.8 Å².